The molecule has 178 valence electrons. The Kier molecular flexibility index (Phi) is 7.91. The lowest BCUT2D eigenvalue weighted by Gasteiger charge is -2.15. The summed E-state index contributed by atoms with van der Waals surface area (Å²) in [4.78, 5) is 27.3. The van der Waals surface area contributed by atoms with Crippen LogP contribution in [0.5, 0.6) is 5.75 Å². The van der Waals surface area contributed by atoms with Gasteiger partial charge in [-0.3, -0.25) is 9.59 Å². The van der Waals surface area contributed by atoms with Gasteiger partial charge in [-0.05, 0) is 36.4 Å². The van der Waals surface area contributed by atoms with E-state index >= 15 is 0 Å². The highest BCUT2D eigenvalue weighted by atomic mass is 32.2. The number of hydrogen-bond acceptors (Lipinski definition) is 6. The number of amides is 2. The minimum atomic E-state index is -3.09. The Morgan fingerprint density at radius 1 is 1.09 bits per heavy atom. The van der Waals surface area contributed by atoms with Crippen molar-refractivity contribution in [2.75, 3.05) is 15.4 Å². The largest absolute Gasteiger partial charge is 0.588 e. The molecule has 0 spiro atoms. The molecule has 0 aliphatic rings. The average molecular weight is 496 g/mol. The molecule has 34 heavy (non-hydrogen) atoms. The van der Waals surface area contributed by atoms with Gasteiger partial charge in [0, 0.05) is 19.2 Å². The molecule has 0 saturated carbocycles. The minimum Gasteiger partial charge on any atom is -0.588 e. The summed E-state index contributed by atoms with van der Waals surface area (Å²) in [5.41, 5.74) is -1.28. The third kappa shape index (κ3) is 6.36. The molecule has 2 amide bonds. The zero-order valence-corrected chi connectivity index (χ0v) is 18.1. The lowest BCUT2D eigenvalue weighted by atomic mass is 10.2. The first-order valence-corrected chi connectivity index (χ1v) is 10.6. The smallest absolute Gasteiger partial charge is 0.387 e. The summed E-state index contributed by atoms with van der Waals surface area (Å²) in [6.07, 6.45) is 1.10. The Bertz CT molecular complexity index is 1200. The van der Waals surface area contributed by atoms with Crippen LogP contribution in [-0.4, -0.2) is 28.0 Å². The molecule has 8 nitrogen and oxygen atoms in total. The van der Waals surface area contributed by atoms with Crippen molar-refractivity contribution in [2.24, 2.45) is 0 Å². The lowest BCUT2D eigenvalue weighted by molar-refractivity contribution is -0.114. The van der Waals surface area contributed by atoms with E-state index in [9.17, 15) is 31.7 Å². The Morgan fingerprint density at radius 2 is 1.85 bits per heavy atom. The van der Waals surface area contributed by atoms with Crippen LogP contribution < -0.4 is 20.1 Å². The zero-order chi connectivity index (χ0) is 24.8. The van der Waals surface area contributed by atoms with Gasteiger partial charge in [-0.15, -0.1) is 0 Å². The third-order valence-electron chi connectivity index (χ3n) is 4.11. The molecule has 0 saturated heterocycles. The number of carbonyl (C=O) groups is 2. The molecule has 1 aromatic heterocycles. The number of carbonyl (C=O) groups excluding carboxylic acids is 2. The van der Waals surface area contributed by atoms with Crippen molar-refractivity contribution in [2.45, 2.75) is 18.4 Å². The monoisotopic (exact) mass is 496 g/mol. The molecule has 13 heteroatoms. The van der Waals surface area contributed by atoms with Gasteiger partial charge < -0.3 is 19.9 Å². The molecule has 1 atom stereocenters. The van der Waals surface area contributed by atoms with E-state index in [4.69, 9.17) is 0 Å². The molecular weight excluding hydrogens is 480 g/mol. The average Bonchev–Trinajstić information content (AvgIpc) is 2.78. The lowest BCUT2D eigenvalue weighted by Crippen LogP contribution is -2.18. The van der Waals surface area contributed by atoms with Crippen LogP contribution >= 0.6 is 0 Å². The number of ether oxygens (including phenoxy) is 1. The SMILES string of the molecule is CC(=O)Nc1ccc(C(=O)Nc2c(F)ccc(N[S+]([O-])c3cccc(OC(F)F)c3)c2F)cn1. The van der Waals surface area contributed by atoms with Gasteiger partial charge in [0.1, 0.15) is 40.1 Å². The number of pyridine rings is 1. The fourth-order valence-corrected chi connectivity index (χ4v) is 3.54. The maximum absolute atomic E-state index is 14.9. The topological polar surface area (TPSA) is 115 Å². The summed E-state index contributed by atoms with van der Waals surface area (Å²) in [7, 11) is 0. The number of alkyl halides is 2. The predicted octanol–water partition coefficient (Wildman–Crippen LogP) is 4.31. The maximum atomic E-state index is 14.9. The highest BCUT2D eigenvalue weighted by Crippen LogP contribution is 2.29. The van der Waals surface area contributed by atoms with E-state index < -0.39 is 46.9 Å². The summed E-state index contributed by atoms with van der Waals surface area (Å²) in [6.45, 7) is -1.82. The Hall–Kier alpha value is -3.84. The number of nitrogens with one attached hydrogen (secondary N) is 3. The van der Waals surface area contributed by atoms with Crippen molar-refractivity contribution in [3.05, 3.63) is 71.9 Å². The number of hydrogen-bond donors (Lipinski definition) is 3. The molecule has 2 aromatic carbocycles. The molecule has 0 fully saturated rings. The number of anilines is 3. The van der Waals surface area contributed by atoms with Crippen LogP contribution in [0, 0.1) is 11.6 Å². The van der Waals surface area contributed by atoms with Crippen LogP contribution in [0.3, 0.4) is 0 Å². The van der Waals surface area contributed by atoms with E-state index in [0.717, 1.165) is 24.4 Å². The molecule has 0 aliphatic heterocycles. The summed E-state index contributed by atoms with van der Waals surface area (Å²) in [5.74, 6) is -3.69. The van der Waals surface area contributed by atoms with Gasteiger partial charge in [0.25, 0.3) is 5.91 Å². The number of aromatic nitrogens is 1. The van der Waals surface area contributed by atoms with Crippen LogP contribution in [0.2, 0.25) is 0 Å². The molecule has 0 aliphatic carbocycles. The molecule has 0 bridgehead atoms. The van der Waals surface area contributed by atoms with Crippen molar-refractivity contribution in [3.8, 4) is 5.75 Å². The number of benzene rings is 2. The van der Waals surface area contributed by atoms with Crippen LogP contribution in [0.15, 0.2) is 59.6 Å². The van der Waals surface area contributed by atoms with Crippen molar-refractivity contribution < 1.29 is 36.4 Å². The van der Waals surface area contributed by atoms with E-state index in [2.05, 4.69) is 25.1 Å². The van der Waals surface area contributed by atoms with E-state index in [-0.39, 0.29) is 27.9 Å². The summed E-state index contributed by atoms with van der Waals surface area (Å²) < 4.78 is 73.0. The van der Waals surface area contributed by atoms with Crippen LogP contribution in [-0.2, 0) is 16.2 Å². The number of rotatable bonds is 8. The Labute approximate surface area is 193 Å². The second kappa shape index (κ2) is 10.9. The van der Waals surface area contributed by atoms with Crippen LogP contribution in [0.25, 0.3) is 0 Å². The van der Waals surface area contributed by atoms with E-state index in [1.165, 1.54) is 37.3 Å². The van der Waals surface area contributed by atoms with Gasteiger partial charge in [-0.2, -0.15) is 8.78 Å². The molecule has 3 aromatic rings. The van der Waals surface area contributed by atoms with Gasteiger partial charge in [0.05, 0.1) is 5.56 Å². The molecule has 3 N–H and O–H groups in total. The van der Waals surface area contributed by atoms with Gasteiger partial charge in [0.2, 0.25) is 5.91 Å². The van der Waals surface area contributed by atoms with Gasteiger partial charge >= 0.3 is 6.61 Å². The Balaban J connectivity index is 1.77. The number of halogens is 4. The molecule has 1 heterocycles. The summed E-state index contributed by atoms with van der Waals surface area (Å²) in [5, 5.41) is 4.49. The van der Waals surface area contributed by atoms with Crippen LogP contribution in [0.1, 0.15) is 17.3 Å². The van der Waals surface area contributed by atoms with E-state index in [1.54, 1.807) is 0 Å². The second-order valence-electron chi connectivity index (χ2n) is 6.58. The third-order valence-corrected chi connectivity index (χ3v) is 5.19. The molecule has 0 radical (unpaired) electrons. The van der Waals surface area contributed by atoms with Gasteiger partial charge in [-0.1, -0.05) is 6.07 Å². The minimum absolute atomic E-state index is 0.0159. The second-order valence-corrected chi connectivity index (χ2v) is 7.79. The highest BCUT2D eigenvalue weighted by Gasteiger charge is 2.22. The fourth-order valence-electron chi connectivity index (χ4n) is 2.64. The van der Waals surface area contributed by atoms with Crippen molar-refractivity contribution in [1.29, 1.82) is 0 Å². The van der Waals surface area contributed by atoms with Crippen LogP contribution in [0.4, 0.5) is 34.8 Å². The zero-order valence-electron chi connectivity index (χ0n) is 17.3. The molecule has 3 rings (SSSR count). The maximum Gasteiger partial charge on any atom is 0.387 e. The normalized spacial score (nSPS) is 11.6. The predicted molar refractivity (Wildman–Crippen MR) is 116 cm³/mol. The first-order chi connectivity index (χ1) is 16.1. The first kappa shape index (κ1) is 24.8. The van der Waals surface area contributed by atoms with Crippen molar-refractivity contribution >= 4 is 40.4 Å². The van der Waals surface area contributed by atoms with Crippen molar-refractivity contribution in [3.63, 3.8) is 0 Å². The highest BCUT2D eigenvalue weighted by molar-refractivity contribution is 7.92. The number of nitrogens with zero attached hydrogens (tertiary/aromatic N) is 1. The van der Waals surface area contributed by atoms with E-state index in [1.807, 2.05) is 0 Å². The standard InChI is InChI=1S/C21H16F4N4O4S/c1-11(30)27-17-8-5-12(10-26-17)20(31)28-19-15(22)6-7-16(18(19)23)29-34(32)14-4-2-3-13(9-14)33-21(24)25/h2-10,21,29H,1H3,(H,28,31)(H,26,27,30). The molecule has 1 unspecified atom stereocenters. The summed E-state index contributed by atoms with van der Waals surface area (Å²) >= 11 is -2.14. The summed E-state index contributed by atoms with van der Waals surface area (Å²) in [6, 6.07) is 9.33. The van der Waals surface area contributed by atoms with Gasteiger partial charge in [0.15, 0.2) is 10.7 Å². The molecular formula is C21H16F4N4O4S. The Morgan fingerprint density at radius 3 is 2.50 bits per heavy atom. The van der Waals surface area contributed by atoms with Gasteiger partial charge in [-0.25, -0.2) is 18.5 Å². The van der Waals surface area contributed by atoms with Crippen molar-refractivity contribution in [1.82, 2.24) is 4.98 Å². The fraction of sp³-hybridized carbons (Fsp3) is 0.0952. The quantitative estimate of drug-likeness (QED) is 0.316. The first-order valence-electron chi connectivity index (χ1n) is 9.40. The van der Waals surface area contributed by atoms with E-state index in [0.29, 0.717) is 0 Å².